The van der Waals surface area contributed by atoms with E-state index in [1.54, 1.807) is 20.0 Å². The Hall–Kier alpha value is -2.89. The number of hydrogen-bond donors (Lipinski definition) is 2. The number of aliphatic imine (C=N–C) groups is 1. The van der Waals surface area contributed by atoms with Crippen molar-refractivity contribution in [2.75, 3.05) is 26.7 Å². The lowest BCUT2D eigenvalue weighted by atomic mass is 10.1. The Bertz CT molecular complexity index is 853. The van der Waals surface area contributed by atoms with Gasteiger partial charge >= 0.3 is 0 Å². The zero-order valence-electron chi connectivity index (χ0n) is 17.1. The number of likely N-dealkylation sites (tertiary alicyclic amines) is 1. The summed E-state index contributed by atoms with van der Waals surface area (Å²) in [4.78, 5) is 18.5. The predicted octanol–water partition coefficient (Wildman–Crippen LogP) is 2.89. The number of halogens is 1. The standard InChI is InChI=1S/C23H29FN4O/c1-17-12-19(8-9-21(17)24)14-26-23(25-2)27-15-20-13-22(29)28(16-20)11-10-18-6-4-3-5-7-18/h3-9,12,20H,10-11,13-16H2,1-2H3,(H2,25,26,27). The highest BCUT2D eigenvalue weighted by atomic mass is 19.1. The number of amides is 1. The Labute approximate surface area is 172 Å². The number of hydrogen-bond acceptors (Lipinski definition) is 2. The maximum absolute atomic E-state index is 13.4. The van der Waals surface area contributed by atoms with Crippen molar-refractivity contribution in [3.05, 3.63) is 71.0 Å². The summed E-state index contributed by atoms with van der Waals surface area (Å²) in [7, 11) is 1.72. The van der Waals surface area contributed by atoms with Gasteiger partial charge in [0.1, 0.15) is 5.82 Å². The molecule has 0 bridgehead atoms. The number of nitrogens with zero attached hydrogens (tertiary/aromatic N) is 2. The van der Waals surface area contributed by atoms with Gasteiger partial charge in [-0.05, 0) is 36.1 Å². The third kappa shape index (κ3) is 6.04. The number of nitrogens with one attached hydrogen (secondary N) is 2. The Morgan fingerprint density at radius 1 is 1.17 bits per heavy atom. The summed E-state index contributed by atoms with van der Waals surface area (Å²) >= 11 is 0. The fourth-order valence-electron chi connectivity index (χ4n) is 3.58. The van der Waals surface area contributed by atoms with E-state index in [1.165, 1.54) is 11.6 Å². The van der Waals surface area contributed by atoms with Gasteiger partial charge in [0, 0.05) is 45.6 Å². The van der Waals surface area contributed by atoms with Crippen LogP contribution in [0.25, 0.3) is 0 Å². The van der Waals surface area contributed by atoms with Crippen molar-refractivity contribution in [3.63, 3.8) is 0 Å². The first kappa shape index (κ1) is 20.8. The molecule has 154 valence electrons. The van der Waals surface area contributed by atoms with Crippen LogP contribution in [-0.2, 0) is 17.8 Å². The molecule has 2 aromatic carbocycles. The topological polar surface area (TPSA) is 56.7 Å². The SMILES string of the molecule is CN=C(NCc1ccc(F)c(C)c1)NCC1CC(=O)N(CCc2ccccc2)C1. The third-order valence-corrected chi connectivity index (χ3v) is 5.27. The van der Waals surface area contributed by atoms with Gasteiger partial charge in [-0.1, -0.05) is 42.5 Å². The lowest BCUT2D eigenvalue weighted by Crippen LogP contribution is -2.40. The first-order chi connectivity index (χ1) is 14.0. The monoisotopic (exact) mass is 396 g/mol. The molecular weight excluding hydrogens is 367 g/mol. The van der Waals surface area contributed by atoms with E-state index in [0.717, 1.165) is 25.1 Å². The largest absolute Gasteiger partial charge is 0.356 e. The van der Waals surface area contributed by atoms with Crippen molar-refractivity contribution in [2.45, 2.75) is 26.3 Å². The highest BCUT2D eigenvalue weighted by Crippen LogP contribution is 2.17. The number of carbonyl (C=O) groups is 1. The molecule has 5 nitrogen and oxygen atoms in total. The molecule has 29 heavy (non-hydrogen) atoms. The van der Waals surface area contributed by atoms with Crippen molar-refractivity contribution in [1.82, 2.24) is 15.5 Å². The van der Waals surface area contributed by atoms with Gasteiger partial charge in [-0.15, -0.1) is 0 Å². The van der Waals surface area contributed by atoms with Gasteiger partial charge in [-0.3, -0.25) is 9.79 Å². The number of guanidine groups is 1. The molecule has 0 spiro atoms. The van der Waals surface area contributed by atoms with Crippen LogP contribution < -0.4 is 10.6 Å². The van der Waals surface area contributed by atoms with Crippen LogP contribution in [0.3, 0.4) is 0 Å². The first-order valence-corrected chi connectivity index (χ1v) is 10.1. The van der Waals surface area contributed by atoms with Gasteiger partial charge in [0.25, 0.3) is 0 Å². The Kier molecular flexibility index (Phi) is 7.22. The van der Waals surface area contributed by atoms with Gasteiger partial charge in [-0.2, -0.15) is 0 Å². The molecule has 0 aromatic heterocycles. The lowest BCUT2D eigenvalue weighted by Gasteiger charge is -2.18. The van der Waals surface area contributed by atoms with Crippen molar-refractivity contribution < 1.29 is 9.18 Å². The molecule has 0 saturated carbocycles. The van der Waals surface area contributed by atoms with E-state index in [-0.39, 0.29) is 17.6 Å². The Morgan fingerprint density at radius 2 is 1.97 bits per heavy atom. The molecule has 1 unspecified atom stereocenters. The zero-order valence-corrected chi connectivity index (χ0v) is 17.1. The van der Waals surface area contributed by atoms with E-state index in [4.69, 9.17) is 0 Å². The Morgan fingerprint density at radius 3 is 2.69 bits per heavy atom. The second kappa shape index (κ2) is 10.0. The van der Waals surface area contributed by atoms with E-state index in [0.29, 0.717) is 31.0 Å². The highest BCUT2D eigenvalue weighted by molar-refractivity contribution is 5.80. The smallest absolute Gasteiger partial charge is 0.223 e. The molecule has 0 aliphatic carbocycles. The summed E-state index contributed by atoms with van der Waals surface area (Å²) in [6.45, 7) is 4.54. The predicted molar refractivity (Wildman–Crippen MR) is 114 cm³/mol. The van der Waals surface area contributed by atoms with Crippen LogP contribution in [0, 0.1) is 18.7 Å². The molecule has 1 saturated heterocycles. The fraction of sp³-hybridized carbons (Fsp3) is 0.391. The van der Waals surface area contributed by atoms with E-state index >= 15 is 0 Å². The van der Waals surface area contributed by atoms with Gasteiger partial charge in [0.05, 0.1) is 0 Å². The van der Waals surface area contributed by atoms with Gasteiger partial charge in [0.2, 0.25) is 5.91 Å². The zero-order chi connectivity index (χ0) is 20.6. The minimum Gasteiger partial charge on any atom is -0.356 e. The highest BCUT2D eigenvalue weighted by Gasteiger charge is 2.29. The van der Waals surface area contributed by atoms with Crippen molar-refractivity contribution in [2.24, 2.45) is 10.9 Å². The summed E-state index contributed by atoms with van der Waals surface area (Å²) in [6.07, 6.45) is 1.45. The van der Waals surface area contributed by atoms with E-state index < -0.39 is 0 Å². The summed E-state index contributed by atoms with van der Waals surface area (Å²) in [5.41, 5.74) is 2.88. The molecule has 1 aliphatic heterocycles. The van der Waals surface area contributed by atoms with E-state index in [2.05, 4.69) is 27.8 Å². The molecular formula is C23H29FN4O. The molecule has 0 radical (unpaired) electrons. The van der Waals surface area contributed by atoms with Crippen LogP contribution >= 0.6 is 0 Å². The molecule has 1 fully saturated rings. The van der Waals surface area contributed by atoms with Crippen LogP contribution in [0.1, 0.15) is 23.1 Å². The van der Waals surface area contributed by atoms with E-state index in [9.17, 15) is 9.18 Å². The number of aryl methyl sites for hydroxylation is 1. The summed E-state index contributed by atoms with van der Waals surface area (Å²) in [5, 5.41) is 6.55. The van der Waals surface area contributed by atoms with Crippen LogP contribution in [0.4, 0.5) is 4.39 Å². The molecule has 2 aromatic rings. The quantitative estimate of drug-likeness (QED) is 0.559. The van der Waals surface area contributed by atoms with Gasteiger partial charge in [0.15, 0.2) is 5.96 Å². The second-order valence-corrected chi connectivity index (χ2v) is 7.54. The van der Waals surface area contributed by atoms with Crippen molar-refractivity contribution in [3.8, 4) is 0 Å². The molecule has 1 amide bonds. The number of carbonyl (C=O) groups excluding carboxylic acids is 1. The second-order valence-electron chi connectivity index (χ2n) is 7.54. The Balaban J connectivity index is 1.42. The minimum absolute atomic E-state index is 0.195. The minimum atomic E-state index is -0.195. The van der Waals surface area contributed by atoms with Gasteiger partial charge < -0.3 is 15.5 Å². The average molecular weight is 397 g/mol. The van der Waals surface area contributed by atoms with Crippen molar-refractivity contribution >= 4 is 11.9 Å². The summed E-state index contributed by atoms with van der Waals surface area (Å²) < 4.78 is 13.4. The molecule has 3 rings (SSSR count). The molecule has 1 aliphatic rings. The van der Waals surface area contributed by atoms with Gasteiger partial charge in [-0.25, -0.2) is 4.39 Å². The number of rotatable bonds is 7. The van der Waals surface area contributed by atoms with Crippen LogP contribution in [0.5, 0.6) is 0 Å². The lowest BCUT2D eigenvalue weighted by molar-refractivity contribution is -0.127. The maximum Gasteiger partial charge on any atom is 0.223 e. The van der Waals surface area contributed by atoms with Crippen LogP contribution in [0.15, 0.2) is 53.5 Å². The first-order valence-electron chi connectivity index (χ1n) is 10.1. The molecule has 1 heterocycles. The normalized spacial score (nSPS) is 16.9. The average Bonchev–Trinajstić information content (AvgIpc) is 3.09. The van der Waals surface area contributed by atoms with Crippen LogP contribution in [0.2, 0.25) is 0 Å². The molecule has 2 N–H and O–H groups in total. The summed E-state index contributed by atoms with van der Waals surface area (Å²) in [5.74, 6) is 0.975. The maximum atomic E-state index is 13.4. The third-order valence-electron chi connectivity index (χ3n) is 5.27. The summed E-state index contributed by atoms with van der Waals surface area (Å²) in [6, 6.07) is 15.3. The number of benzene rings is 2. The molecule has 1 atom stereocenters. The van der Waals surface area contributed by atoms with Crippen molar-refractivity contribution in [1.29, 1.82) is 0 Å². The fourth-order valence-corrected chi connectivity index (χ4v) is 3.58. The molecule has 6 heteroatoms. The van der Waals surface area contributed by atoms with Crippen LogP contribution in [-0.4, -0.2) is 43.4 Å². The van der Waals surface area contributed by atoms with E-state index in [1.807, 2.05) is 29.2 Å².